The molecule has 0 aliphatic heterocycles. The van der Waals surface area contributed by atoms with E-state index in [1.165, 1.54) is 37.4 Å². The highest BCUT2D eigenvalue weighted by atomic mass is 32.2. The Labute approximate surface area is 147 Å². The smallest absolute Gasteiger partial charge is 0.237 e. The maximum atomic E-state index is 12.4. The number of carbonyl (C=O) groups excluding carboxylic acids is 1. The van der Waals surface area contributed by atoms with Crippen molar-refractivity contribution < 1.29 is 4.79 Å². The zero-order valence-electron chi connectivity index (χ0n) is 14.2. The topological polar surface area (TPSA) is 70.7 Å². The number of aromatic nitrogens is 3. The quantitative estimate of drug-likeness (QED) is 0.778. The largest absolute Gasteiger partial charge is 0.325 e. The molecule has 1 aromatic heterocycles. The van der Waals surface area contributed by atoms with Gasteiger partial charge in [-0.1, -0.05) is 55.6 Å². The first-order chi connectivity index (χ1) is 11.6. The van der Waals surface area contributed by atoms with Gasteiger partial charge in [0, 0.05) is 12.1 Å². The summed E-state index contributed by atoms with van der Waals surface area (Å²) in [6, 6.07) is 7.78. The highest BCUT2D eigenvalue weighted by molar-refractivity contribution is 8.00. The van der Waals surface area contributed by atoms with Crippen LogP contribution in [0.5, 0.6) is 0 Å². The maximum absolute atomic E-state index is 12.4. The fraction of sp³-hybridized carbons (Fsp3) is 0.500. The Morgan fingerprint density at radius 2 is 2.12 bits per heavy atom. The Bertz CT molecular complexity index is 694. The summed E-state index contributed by atoms with van der Waals surface area (Å²) in [6.07, 6.45) is 6.21. The number of rotatable bonds is 6. The number of aryl methyl sites for hydroxylation is 1. The number of nitrogens with zero attached hydrogens (tertiary/aromatic N) is 2. The van der Waals surface area contributed by atoms with Gasteiger partial charge in [-0.25, -0.2) is 4.98 Å². The second kappa shape index (κ2) is 7.83. The predicted molar refractivity (Wildman–Crippen MR) is 97.2 cm³/mol. The summed E-state index contributed by atoms with van der Waals surface area (Å²) in [7, 11) is 0. The molecule has 1 fully saturated rings. The van der Waals surface area contributed by atoms with Crippen LogP contribution in [0.4, 0.5) is 5.69 Å². The van der Waals surface area contributed by atoms with Crippen molar-refractivity contribution in [1.29, 1.82) is 0 Å². The normalized spacial score (nSPS) is 16.2. The standard InChI is InChI=1S/C18H24N4OS/c1-12-7-3-6-10-15(12)19-17(23)13(2)24-18-20-16(21-22-18)11-14-8-4-5-9-14/h3,6-7,10,13-14H,4-5,8-9,11H2,1-2H3,(H,19,23)(H,20,21,22). The Hall–Kier alpha value is -1.82. The van der Waals surface area contributed by atoms with Gasteiger partial charge in [-0.3, -0.25) is 9.89 Å². The van der Waals surface area contributed by atoms with E-state index in [4.69, 9.17) is 0 Å². The van der Waals surface area contributed by atoms with Crippen molar-refractivity contribution >= 4 is 23.4 Å². The van der Waals surface area contributed by atoms with E-state index in [-0.39, 0.29) is 11.2 Å². The first-order valence-corrected chi connectivity index (χ1v) is 9.44. The molecule has 0 spiro atoms. The molecule has 1 amide bonds. The third-order valence-electron chi connectivity index (χ3n) is 4.52. The lowest BCUT2D eigenvalue weighted by molar-refractivity contribution is -0.115. The minimum absolute atomic E-state index is 0.0311. The zero-order valence-corrected chi connectivity index (χ0v) is 15.0. The van der Waals surface area contributed by atoms with Crippen LogP contribution in [-0.4, -0.2) is 26.3 Å². The summed E-state index contributed by atoms with van der Waals surface area (Å²) in [4.78, 5) is 16.9. The Morgan fingerprint density at radius 3 is 2.88 bits per heavy atom. The van der Waals surface area contributed by atoms with Crippen molar-refractivity contribution in [3.63, 3.8) is 0 Å². The number of amides is 1. The molecule has 0 saturated heterocycles. The Morgan fingerprint density at radius 1 is 1.38 bits per heavy atom. The third-order valence-corrected chi connectivity index (χ3v) is 5.48. The highest BCUT2D eigenvalue weighted by Crippen LogP contribution is 2.28. The monoisotopic (exact) mass is 344 g/mol. The highest BCUT2D eigenvalue weighted by Gasteiger charge is 2.20. The molecule has 1 saturated carbocycles. The molecule has 5 nitrogen and oxygen atoms in total. The number of nitrogens with one attached hydrogen (secondary N) is 2. The number of benzene rings is 1. The molecular formula is C18H24N4OS. The minimum Gasteiger partial charge on any atom is -0.325 e. The van der Waals surface area contributed by atoms with Crippen molar-refractivity contribution in [2.75, 3.05) is 5.32 Å². The van der Waals surface area contributed by atoms with Gasteiger partial charge in [0.15, 0.2) is 0 Å². The first kappa shape index (κ1) is 17.0. The van der Waals surface area contributed by atoms with Gasteiger partial charge in [-0.05, 0) is 31.4 Å². The predicted octanol–water partition coefficient (Wildman–Crippen LogP) is 3.97. The van der Waals surface area contributed by atoms with Gasteiger partial charge in [0.1, 0.15) is 5.82 Å². The Balaban J connectivity index is 1.54. The van der Waals surface area contributed by atoms with Gasteiger partial charge >= 0.3 is 0 Å². The first-order valence-electron chi connectivity index (χ1n) is 8.56. The molecule has 1 aromatic carbocycles. The molecule has 2 aromatic rings. The SMILES string of the molecule is Cc1ccccc1NC(=O)C(C)Sc1n[nH]c(CC2CCCC2)n1. The van der Waals surface area contributed by atoms with Crippen molar-refractivity contribution in [3.05, 3.63) is 35.7 Å². The van der Waals surface area contributed by atoms with E-state index >= 15 is 0 Å². The molecule has 1 aliphatic rings. The molecule has 6 heteroatoms. The number of H-pyrrole nitrogens is 1. The van der Waals surface area contributed by atoms with Crippen molar-refractivity contribution in [2.24, 2.45) is 5.92 Å². The van der Waals surface area contributed by atoms with Gasteiger partial charge in [-0.2, -0.15) is 0 Å². The van der Waals surface area contributed by atoms with E-state index in [0.29, 0.717) is 5.16 Å². The fourth-order valence-corrected chi connectivity index (χ4v) is 3.81. The molecule has 24 heavy (non-hydrogen) atoms. The average Bonchev–Trinajstić information content (AvgIpc) is 3.22. The van der Waals surface area contributed by atoms with Crippen LogP contribution >= 0.6 is 11.8 Å². The number of anilines is 1. The number of hydrogen-bond donors (Lipinski definition) is 2. The van der Waals surface area contributed by atoms with Gasteiger partial charge < -0.3 is 5.32 Å². The molecule has 1 unspecified atom stereocenters. The van der Waals surface area contributed by atoms with E-state index in [1.54, 1.807) is 0 Å². The van der Waals surface area contributed by atoms with Gasteiger partial charge in [0.2, 0.25) is 11.1 Å². The number of carbonyl (C=O) groups is 1. The van der Waals surface area contributed by atoms with Crippen LogP contribution in [0.25, 0.3) is 0 Å². The van der Waals surface area contributed by atoms with Gasteiger partial charge in [0.25, 0.3) is 0 Å². The van der Waals surface area contributed by atoms with E-state index < -0.39 is 0 Å². The minimum atomic E-state index is -0.250. The number of para-hydroxylation sites is 1. The van der Waals surface area contributed by atoms with Crippen LogP contribution in [0.2, 0.25) is 0 Å². The molecular weight excluding hydrogens is 320 g/mol. The summed E-state index contributed by atoms with van der Waals surface area (Å²) < 4.78 is 0. The summed E-state index contributed by atoms with van der Waals surface area (Å²) in [5.74, 6) is 1.64. The number of thioether (sulfide) groups is 1. The van der Waals surface area contributed by atoms with Crippen molar-refractivity contribution in [3.8, 4) is 0 Å². The van der Waals surface area contributed by atoms with Crippen LogP contribution < -0.4 is 5.32 Å². The third kappa shape index (κ3) is 4.38. The van der Waals surface area contributed by atoms with E-state index in [1.807, 2.05) is 38.1 Å². The van der Waals surface area contributed by atoms with E-state index in [2.05, 4.69) is 20.5 Å². The van der Waals surface area contributed by atoms with Crippen LogP contribution in [0.15, 0.2) is 29.4 Å². The van der Waals surface area contributed by atoms with E-state index in [0.717, 1.165) is 29.4 Å². The molecule has 1 aliphatic carbocycles. The van der Waals surface area contributed by atoms with E-state index in [9.17, 15) is 4.79 Å². The van der Waals surface area contributed by atoms with Crippen LogP contribution in [-0.2, 0) is 11.2 Å². The lowest BCUT2D eigenvalue weighted by Crippen LogP contribution is -2.22. The number of aromatic amines is 1. The lowest BCUT2D eigenvalue weighted by atomic mass is 10.0. The molecule has 1 heterocycles. The molecule has 3 rings (SSSR count). The van der Waals surface area contributed by atoms with Crippen LogP contribution in [0, 0.1) is 12.8 Å². The summed E-state index contributed by atoms with van der Waals surface area (Å²) >= 11 is 1.39. The summed E-state index contributed by atoms with van der Waals surface area (Å²) in [5.41, 5.74) is 1.91. The van der Waals surface area contributed by atoms with Gasteiger partial charge in [-0.15, -0.1) is 5.10 Å². The van der Waals surface area contributed by atoms with Gasteiger partial charge in [0.05, 0.1) is 5.25 Å². The average molecular weight is 344 g/mol. The fourth-order valence-electron chi connectivity index (χ4n) is 3.07. The lowest BCUT2D eigenvalue weighted by Gasteiger charge is -2.11. The number of hydrogen-bond acceptors (Lipinski definition) is 4. The summed E-state index contributed by atoms with van der Waals surface area (Å²) in [5, 5.41) is 10.6. The molecule has 0 radical (unpaired) electrons. The zero-order chi connectivity index (χ0) is 16.9. The second-order valence-electron chi connectivity index (χ2n) is 6.48. The molecule has 0 bridgehead atoms. The van der Waals surface area contributed by atoms with Crippen LogP contribution in [0.1, 0.15) is 44.0 Å². The Kier molecular flexibility index (Phi) is 5.56. The molecule has 1 atom stereocenters. The van der Waals surface area contributed by atoms with Crippen molar-refractivity contribution in [1.82, 2.24) is 15.2 Å². The maximum Gasteiger partial charge on any atom is 0.237 e. The van der Waals surface area contributed by atoms with Crippen LogP contribution in [0.3, 0.4) is 0 Å². The molecule has 2 N–H and O–H groups in total. The van der Waals surface area contributed by atoms with Crippen molar-refractivity contribution in [2.45, 2.75) is 56.4 Å². The summed E-state index contributed by atoms with van der Waals surface area (Å²) in [6.45, 7) is 3.86. The second-order valence-corrected chi connectivity index (χ2v) is 7.79. The molecule has 128 valence electrons.